The molecule has 1 radical (unpaired) electrons. The number of hydrogen-bond donors (Lipinski definition) is 0. The fourth-order valence-electron chi connectivity index (χ4n) is 1.71. The summed E-state index contributed by atoms with van der Waals surface area (Å²) in [5, 5.41) is 11.9. The molecule has 1 aromatic rings. The Morgan fingerprint density at radius 1 is 1.00 bits per heavy atom. The van der Waals surface area contributed by atoms with Crippen LogP contribution in [0.4, 0.5) is 0 Å². The Balaban J connectivity index is 3.33. The SMILES string of the molecule is CCc1cc(C(C)(C)C)cc(CC)c1[O]. The molecule has 0 saturated heterocycles. The normalized spacial score (nSPS) is 11.8. The second-order valence-corrected chi connectivity index (χ2v) is 5.08. The van der Waals surface area contributed by atoms with Crippen LogP contribution in [-0.2, 0) is 23.4 Å². The third-order valence-corrected chi connectivity index (χ3v) is 2.87. The van der Waals surface area contributed by atoms with Gasteiger partial charge in [0.05, 0.1) is 0 Å². The maximum absolute atomic E-state index is 11.9. The molecule has 0 heterocycles. The lowest BCUT2D eigenvalue weighted by molar-refractivity contribution is 0.345. The molecule has 0 fully saturated rings. The zero-order valence-corrected chi connectivity index (χ0v) is 10.5. The lowest BCUT2D eigenvalue weighted by atomic mass is 9.84. The average molecular weight is 205 g/mol. The van der Waals surface area contributed by atoms with Gasteiger partial charge in [-0.25, -0.2) is 0 Å². The number of benzene rings is 1. The van der Waals surface area contributed by atoms with Crippen molar-refractivity contribution in [1.29, 1.82) is 0 Å². The monoisotopic (exact) mass is 205 g/mol. The second-order valence-electron chi connectivity index (χ2n) is 5.08. The van der Waals surface area contributed by atoms with Crippen molar-refractivity contribution in [3.05, 3.63) is 28.8 Å². The van der Waals surface area contributed by atoms with E-state index in [0.717, 1.165) is 24.0 Å². The minimum atomic E-state index is 0.127. The molecule has 83 valence electrons. The Labute approximate surface area is 93.1 Å². The van der Waals surface area contributed by atoms with Crippen LogP contribution in [0, 0.1) is 0 Å². The molecule has 0 unspecified atom stereocenters. The summed E-state index contributed by atoms with van der Waals surface area (Å²) in [6.07, 6.45) is 1.66. The molecule has 1 heteroatoms. The highest BCUT2D eigenvalue weighted by Gasteiger charge is 2.18. The van der Waals surface area contributed by atoms with Gasteiger partial charge in [0.25, 0.3) is 0 Å². The molecule has 0 atom stereocenters. The van der Waals surface area contributed by atoms with E-state index in [4.69, 9.17) is 0 Å². The van der Waals surface area contributed by atoms with Crippen LogP contribution in [-0.4, -0.2) is 0 Å². The van der Waals surface area contributed by atoms with Crippen LogP contribution in [0.3, 0.4) is 0 Å². The Morgan fingerprint density at radius 2 is 1.40 bits per heavy atom. The summed E-state index contributed by atoms with van der Waals surface area (Å²) in [5.41, 5.74) is 3.32. The summed E-state index contributed by atoms with van der Waals surface area (Å²) in [6, 6.07) is 4.14. The topological polar surface area (TPSA) is 19.9 Å². The molecule has 15 heavy (non-hydrogen) atoms. The van der Waals surface area contributed by atoms with E-state index < -0.39 is 0 Å². The molecule has 1 aromatic carbocycles. The summed E-state index contributed by atoms with van der Waals surface area (Å²) < 4.78 is 0. The van der Waals surface area contributed by atoms with Gasteiger partial charge < -0.3 is 0 Å². The summed E-state index contributed by atoms with van der Waals surface area (Å²) in [7, 11) is 0. The standard InChI is InChI=1S/C14H21O/c1-6-10-8-12(14(3,4)5)9-11(7-2)13(10)15/h8-9H,6-7H2,1-5H3. The molecule has 0 aliphatic carbocycles. The van der Waals surface area contributed by atoms with Gasteiger partial charge in [-0.3, -0.25) is 5.11 Å². The lowest BCUT2D eigenvalue weighted by Crippen LogP contribution is -2.12. The predicted octanol–water partition coefficient (Wildman–Crippen LogP) is 4.25. The third-order valence-electron chi connectivity index (χ3n) is 2.87. The zero-order valence-electron chi connectivity index (χ0n) is 10.5. The molecular formula is C14H21O. The van der Waals surface area contributed by atoms with Crippen LogP contribution in [0.5, 0.6) is 5.75 Å². The highest BCUT2D eigenvalue weighted by molar-refractivity contribution is 5.45. The number of hydrogen-bond acceptors (Lipinski definition) is 0. The van der Waals surface area contributed by atoms with Crippen molar-refractivity contribution in [2.45, 2.75) is 52.9 Å². The largest absolute Gasteiger partial charge is 0.289 e. The van der Waals surface area contributed by atoms with Gasteiger partial charge in [0.2, 0.25) is 0 Å². The Bertz CT molecular complexity index is 320. The van der Waals surface area contributed by atoms with Crippen molar-refractivity contribution < 1.29 is 5.11 Å². The third kappa shape index (κ3) is 2.53. The summed E-state index contributed by atoms with van der Waals surface area (Å²) in [5.74, 6) is 0.244. The molecule has 0 aromatic heterocycles. The molecule has 1 nitrogen and oxygen atoms in total. The molecule has 1 rings (SSSR count). The summed E-state index contributed by atoms with van der Waals surface area (Å²) in [6.45, 7) is 10.6. The number of aryl methyl sites for hydroxylation is 2. The van der Waals surface area contributed by atoms with Crippen LogP contribution >= 0.6 is 0 Å². The van der Waals surface area contributed by atoms with Crippen molar-refractivity contribution in [2.75, 3.05) is 0 Å². The van der Waals surface area contributed by atoms with E-state index in [1.165, 1.54) is 5.56 Å². The van der Waals surface area contributed by atoms with Crippen LogP contribution in [0.1, 0.15) is 51.3 Å². The first kappa shape index (κ1) is 12.1. The van der Waals surface area contributed by atoms with E-state index in [1.54, 1.807) is 0 Å². The first-order valence-corrected chi connectivity index (χ1v) is 5.73. The van der Waals surface area contributed by atoms with Gasteiger partial charge in [-0.05, 0) is 34.9 Å². The van der Waals surface area contributed by atoms with Crippen LogP contribution < -0.4 is 0 Å². The zero-order chi connectivity index (χ0) is 11.6. The summed E-state index contributed by atoms with van der Waals surface area (Å²) >= 11 is 0. The van der Waals surface area contributed by atoms with Crippen molar-refractivity contribution in [3.63, 3.8) is 0 Å². The predicted molar refractivity (Wildman–Crippen MR) is 64.0 cm³/mol. The highest BCUT2D eigenvalue weighted by atomic mass is 16.3. The van der Waals surface area contributed by atoms with Crippen LogP contribution in [0.25, 0.3) is 0 Å². The molecular weight excluding hydrogens is 184 g/mol. The van der Waals surface area contributed by atoms with Crippen molar-refractivity contribution in [2.24, 2.45) is 0 Å². The highest BCUT2D eigenvalue weighted by Crippen LogP contribution is 2.31. The van der Waals surface area contributed by atoms with E-state index >= 15 is 0 Å². The lowest BCUT2D eigenvalue weighted by Gasteiger charge is -2.21. The Kier molecular flexibility index (Phi) is 3.43. The minimum absolute atomic E-state index is 0.127. The molecule has 0 aliphatic rings. The smallest absolute Gasteiger partial charge is 0.184 e. The quantitative estimate of drug-likeness (QED) is 0.687. The Morgan fingerprint density at radius 3 is 1.67 bits per heavy atom. The van der Waals surface area contributed by atoms with Gasteiger partial charge in [0.15, 0.2) is 5.75 Å². The van der Waals surface area contributed by atoms with Crippen molar-refractivity contribution in [1.82, 2.24) is 0 Å². The Hall–Kier alpha value is -0.980. The average Bonchev–Trinajstić information content (AvgIpc) is 2.16. The van der Waals surface area contributed by atoms with E-state index in [2.05, 4.69) is 32.9 Å². The second kappa shape index (κ2) is 4.26. The minimum Gasteiger partial charge on any atom is -0.289 e. The summed E-state index contributed by atoms with van der Waals surface area (Å²) in [4.78, 5) is 0. The fraction of sp³-hybridized carbons (Fsp3) is 0.571. The molecule has 0 N–H and O–H groups in total. The van der Waals surface area contributed by atoms with Gasteiger partial charge in [-0.1, -0.05) is 46.8 Å². The van der Waals surface area contributed by atoms with E-state index in [9.17, 15) is 5.11 Å². The molecule has 0 spiro atoms. The van der Waals surface area contributed by atoms with Gasteiger partial charge in [0, 0.05) is 0 Å². The van der Waals surface area contributed by atoms with Crippen molar-refractivity contribution in [3.8, 4) is 5.75 Å². The molecule has 0 bridgehead atoms. The molecule has 0 aliphatic heterocycles. The van der Waals surface area contributed by atoms with Crippen LogP contribution in [0.2, 0.25) is 0 Å². The van der Waals surface area contributed by atoms with E-state index in [0.29, 0.717) is 0 Å². The first-order valence-electron chi connectivity index (χ1n) is 5.73. The van der Waals surface area contributed by atoms with Crippen molar-refractivity contribution >= 4 is 0 Å². The van der Waals surface area contributed by atoms with Crippen LogP contribution in [0.15, 0.2) is 12.1 Å². The molecule has 0 saturated carbocycles. The maximum atomic E-state index is 11.9. The van der Waals surface area contributed by atoms with E-state index in [-0.39, 0.29) is 11.2 Å². The van der Waals surface area contributed by atoms with Gasteiger partial charge in [0.1, 0.15) is 0 Å². The molecule has 0 amide bonds. The first-order chi connectivity index (χ1) is 6.90. The van der Waals surface area contributed by atoms with Gasteiger partial charge >= 0.3 is 0 Å². The van der Waals surface area contributed by atoms with Gasteiger partial charge in [-0.15, -0.1) is 0 Å². The van der Waals surface area contributed by atoms with Gasteiger partial charge in [-0.2, -0.15) is 0 Å². The number of rotatable bonds is 2. The maximum Gasteiger partial charge on any atom is 0.184 e. The fourth-order valence-corrected chi connectivity index (χ4v) is 1.71. The van der Waals surface area contributed by atoms with E-state index in [1.807, 2.05) is 13.8 Å².